The van der Waals surface area contributed by atoms with Crippen LogP contribution in [0.3, 0.4) is 0 Å². The van der Waals surface area contributed by atoms with Crippen molar-refractivity contribution in [1.82, 2.24) is 15.1 Å². The molecular weight excluding hydrogens is 320 g/mol. The Labute approximate surface area is 144 Å². The molecule has 0 saturated heterocycles. The molecule has 1 saturated carbocycles. The summed E-state index contributed by atoms with van der Waals surface area (Å²) in [5.41, 5.74) is 1.97. The highest BCUT2D eigenvalue weighted by Gasteiger charge is 2.23. The smallest absolute Gasteiger partial charge is 0.255 e. The van der Waals surface area contributed by atoms with Crippen molar-refractivity contribution < 1.29 is 14.3 Å². The summed E-state index contributed by atoms with van der Waals surface area (Å²) < 4.78 is 7.10. The number of amides is 2. The highest BCUT2D eigenvalue weighted by molar-refractivity contribution is 6.07. The zero-order valence-electron chi connectivity index (χ0n) is 13.6. The summed E-state index contributed by atoms with van der Waals surface area (Å²) in [6.45, 7) is 0.367. The van der Waals surface area contributed by atoms with E-state index in [-0.39, 0.29) is 25.0 Å². The Bertz CT molecular complexity index is 852. The molecule has 7 heteroatoms. The fraction of sp³-hybridized carbons (Fsp3) is 0.278. The van der Waals surface area contributed by atoms with Crippen LogP contribution >= 0.6 is 0 Å². The molecule has 1 aliphatic heterocycles. The van der Waals surface area contributed by atoms with Crippen LogP contribution in [-0.4, -0.2) is 34.2 Å². The summed E-state index contributed by atoms with van der Waals surface area (Å²) >= 11 is 0. The molecule has 0 unspecified atom stereocenters. The van der Waals surface area contributed by atoms with Gasteiger partial charge in [0.15, 0.2) is 0 Å². The van der Waals surface area contributed by atoms with E-state index in [4.69, 9.17) is 4.74 Å². The van der Waals surface area contributed by atoms with E-state index in [9.17, 15) is 9.59 Å². The third kappa shape index (κ3) is 3.71. The quantitative estimate of drug-likeness (QED) is 0.867. The Morgan fingerprint density at radius 3 is 2.96 bits per heavy atom. The van der Waals surface area contributed by atoms with Gasteiger partial charge in [0.2, 0.25) is 5.91 Å². The number of rotatable bonds is 5. The van der Waals surface area contributed by atoms with Crippen molar-refractivity contribution in [2.75, 3.05) is 11.9 Å². The lowest BCUT2D eigenvalue weighted by atomic mass is 10.1. The molecule has 2 N–H and O–H groups in total. The predicted molar refractivity (Wildman–Crippen MR) is 91.9 cm³/mol. The van der Waals surface area contributed by atoms with Gasteiger partial charge in [0.1, 0.15) is 18.9 Å². The minimum Gasteiger partial charge on any atom is -0.488 e. The van der Waals surface area contributed by atoms with E-state index >= 15 is 0 Å². The number of benzene rings is 1. The molecule has 1 aliphatic carbocycles. The van der Waals surface area contributed by atoms with E-state index in [2.05, 4.69) is 15.7 Å². The monoisotopic (exact) mass is 338 g/mol. The van der Waals surface area contributed by atoms with E-state index in [1.54, 1.807) is 6.20 Å². The number of aromatic nitrogens is 2. The number of hydrogen-bond acceptors (Lipinski definition) is 4. The standard InChI is InChI=1S/C18H18N4O3/c23-17(20-14-5-6-14)10-22-9-15(8-19-22)21-18(24)13-7-12-3-1-2-4-16(12)25-11-13/h1-4,7-9,14H,5-6,10-11H2,(H,20,23)(H,21,24). The Kier molecular flexibility index (Phi) is 3.97. The van der Waals surface area contributed by atoms with Crippen LogP contribution in [-0.2, 0) is 16.1 Å². The van der Waals surface area contributed by atoms with Crippen molar-refractivity contribution in [3.05, 3.63) is 47.8 Å². The normalized spacial score (nSPS) is 15.6. The Morgan fingerprint density at radius 1 is 1.28 bits per heavy atom. The minimum atomic E-state index is -0.239. The average Bonchev–Trinajstić information content (AvgIpc) is 3.32. The van der Waals surface area contributed by atoms with Gasteiger partial charge in [-0.2, -0.15) is 5.10 Å². The largest absolute Gasteiger partial charge is 0.488 e. The number of carbonyl (C=O) groups excluding carboxylic acids is 2. The maximum absolute atomic E-state index is 12.4. The molecule has 1 fully saturated rings. The Hall–Kier alpha value is -3.09. The zero-order valence-corrected chi connectivity index (χ0v) is 13.6. The molecule has 0 spiro atoms. The lowest BCUT2D eigenvalue weighted by Gasteiger charge is -2.17. The summed E-state index contributed by atoms with van der Waals surface area (Å²) in [7, 11) is 0. The summed E-state index contributed by atoms with van der Waals surface area (Å²) in [6, 6.07) is 7.89. The van der Waals surface area contributed by atoms with E-state index in [0.29, 0.717) is 17.3 Å². The van der Waals surface area contributed by atoms with Crippen LogP contribution in [0.2, 0.25) is 0 Å². The molecule has 2 aromatic rings. The molecule has 2 heterocycles. The van der Waals surface area contributed by atoms with Gasteiger partial charge < -0.3 is 15.4 Å². The molecular formula is C18H18N4O3. The van der Waals surface area contributed by atoms with Gasteiger partial charge in [-0.25, -0.2) is 0 Å². The van der Waals surface area contributed by atoms with Crippen LogP contribution in [0.4, 0.5) is 5.69 Å². The van der Waals surface area contributed by atoms with Gasteiger partial charge in [0, 0.05) is 17.8 Å². The van der Waals surface area contributed by atoms with Gasteiger partial charge in [-0.3, -0.25) is 14.3 Å². The van der Waals surface area contributed by atoms with Crippen LogP contribution in [0.15, 0.2) is 42.2 Å². The van der Waals surface area contributed by atoms with E-state index in [0.717, 1.165) is 24.2 Å². The first-order chi connectivity index (χ1) is 12.2. The molecule has 1 aromatic heterocycles. The number of carbonyl (C=O) groups is 2. The van der Waals surface area contributed by atoms with Gasteiger partial charge in [-0.1, -0.05) is 18.2 Å². The lowest BCUT2D eigenvalue weighted by molar-refractivity contribution is -0.122. The summed E-state index contributed by atoms with van der Waals surface area (Å²) in [5, 5.41) is 9.80. The number of para-hydroxylation sites is 1. The average molecular weight is 338 g/mol. The molecule has 0 radical (unpaired) electrons. The third-order valence-corrected chi connectivity index (χ3v) is 4.06. The van der Waals surface area contributed by atoms with E-state index in [1.165, 1.54) is 10.9 Å². The molecule has 25 heavy (non-hydrogen) atoms. The van der Waals surface area contributed by atoms with Crippen LogP contribution in [0.25, 0.3) is 6.08 Å². The van der Waals surface area contributed by atoms with Crippen molar-refractivity contribution in [3.63, 3.8) is 0 Å². The van der Waals surface area contributed by atoms with E-state index < -0.39 is 0 Å². The summed E-state index contributed by atoms with van der Waals surface area (Å²) in [6.07, 6.45) is 7.09. The fourth-order valence-corrected chi connectivity index (χ4v) is 2.62. The second kappa shape index (κ2) is 6.43. The fourth-order valence-electron chi connectivity index (χ4n) is 2.62. The highest BCUT2D eigenvalue weighted by atomic mass is 16.5. The zero-order chi connectivity index (χ0) is 17.2. The van der Waals surface area contributed by atoms with Crippen LogP contribution < -0.4 is 15.4 Å². The first-order valence-corrected chi connectivity index (χ1v) is 8.23. The third-order valence-electron chi connectivity index (χ3n) is 4.06. The second-order valence-electron chi connectivity index (χ2n) is 6.22. The highest BCUT2D eigenvalue weighted by Crippen LogP contribution is 2.26. The second-order valence-corrected chi connectivity index (χ2v) is 6.22. The maximum atomic E-state index is 12.4. The first kappa shape index (κ1) is 15.4. The number of ether oxygens (including phenoxy) is 1. The van der Waals surface area contributed by atoms with Gasteiger partial charge in [0.05, 0.1) is 17.5 Å². The summed E-state index contributed by atoms with van der Waals surface area (Å²) in [4.78, 5) is 24.2. The number of nitrogens with one attached hydrogen (secondary N) is 2. The molecule has 7 nitrogen and oxygen atoms in total. The Morgan fingerprint density at radius 2 is 2.12 bits per heavy atom. The molecule has 1 aromatic carbocycles. The van der Waals surface area contributed by atoms with Crippen molar-refractivity contribution in [2.24, 2.45) is 0 Å². The molecule has 2 amide bonds. The first-order valence-electron chi connectivity index (χ1n) is 8.23. The van der Waals surface area contributed by atoms with Gasteiger partial charge in [-0.15, -0.1) is 0 Å². The minimum absolute atomic E-state index is 0.0662. The van der Waals surface area contributed by atoms with Gasteiger partial charge in [0.25, 0.3) is 5.91 Å². The number of anilines is 1. The predicted octanol–water partition coefficient (Wildman–Crippen LogP) is 1.58. The van der Waals surface area contributed by atoms with Crippen LogP contribution in [0.5, 0.6) is 5.75 Å². The van der Waals surface area contributed by atoms with Crippen molar-refractivity contribution in [1.29, 1.82) is 0 Å². The number of fused-ring (bicyclic) bond motifs is 1. The van der Waals surface area contributed by atoms with Crippen molar-refractivity contribution in [2.45, 2.75) is 25.4 Å². The molecule has 2 aliphatic rings. The molecule has 4 rings (SSSR count). The maximum Gasteiger partial charge on any atom is 0.255 e. The van der Waals surface area contributed by atoms with Crippen molar-refractivity contribution in [3.8, 4) is 5.75 Å². The topological polar surface area (TPSA) is 85.2 Å². The summed E-state index contributed by atoms with van der Waals surface area (Å²) in [5.74, 6) is 0.466. The van der Waals surface area contributed by atoms with Crippen LogP contribution in [0, 0.1) is 0 Å². The Balaban J connectivity index is 1.38. The lowest BCUT2D eigenvalue weighted by Crippen LogP contribution is -2.29. The molecule has 0 bridgehead atoms. The number of hydrogen-bond donors (Lipinski definition) is 2. The van der Waals surface area contributed by atoms with Gasteiger partial charge in [-0.05, 0) is 25.0 Å². The number of nitrogens with zero attached hydrogens (tertiary/aromatic N) is 2. The van der Waals surface area contributed by atoms with Crippen molar-refractivity contribution >= 4 is 23.6 Å². The van der Waals surface area contributed by atoms with E-state index in [1.807, 2.05) is 30.3 Å². The van der Waals surface area contributed by atoms with Gasteiger partial charge >= 0.3 is 0 Å². The van der Waals surface area contributed by atoms with Crippen LogP contribution in [0.1, 0.15) is 18.4 Å². The molecule has 128 valence electrons. The SMILES string of the molecule is O=C(Cn1cc(NC(=O)C2=Cc3ccccc3OC2)cn1)NC1CC1. The molecule has 0 atom stereocenters.